The molecule has 1 aromatic heterocycles. The van der Waals surface area contributed by atoms with E-state index in [2.05, 4.69) is 18.0 Å². The van der Waals surface area contributed by atoms with Gasteiger partial charge in [0.15, 0.2) is 5.78 Å². The maximum absolute atomic E-state index is 12.7. The predicted molar refractivity (Wildman–Crippen MR) is 102 cm³/mol. The quantitative estimate of drug-likeness (QED) is 0.690. The molecule has 126 valence electrons. The first-order valence-electron chi connectivity index (χ1n) is 8.44. The number of aryl methyl sites for hydroxylation is 2. The van der Waals surface area contributed by atoms with Crippen LogP contribution in [-0.4, -0.2) is 10.8 Å². The van der Waals surface area contributed by atoms with Gasteiger partial charge in [-0.15, -0.1) is 0 Å². The highest BCUT2D eigenvalue weighted by Crippen LogP contribution is 2.27. The second-order valence-electron chi connectivity index (χ2n) is 6.24. The summed E-state index contributed by atoms with van der Waals surface area (Å²) >= 11 is 0. The van der Waals surface area contributed by atoms with Gasteiger partial charge >= 0.3 is 0 Å². The minimum absolute atomic E-state index is 0.147. The number of rotatable bonds is 4. The number of ketones is 1. The van der Waals surface area contributed by atoms with Crippen LogP contribution in [0.1, 0.15) is 34.8 Å². The van der Waals surface area contributed by atoms with Crippen molar-refractivity contribution in [1.29, 1.82) is 0 Å². The summed E-state index contributed by atoms with van der Waals surface area (Å²) in [5, 5.41) is 0. The molecule has 2 aromatic carbocycles. The van der Waals surface area contributed by atoms with Gasteiger partial charge in [-0.1, -0.05) is 49.4 Å². The van der Waals surface area contributed by atoms with Crippen LogP contribution in [0.3, 0.4) is 0 Å². The molecule has 0 bridgehead atoms. The van der Waals surface area contributed by atoms with Gasteiger partial charge in [-0.05, 0) is 48.2 Å². The maximum atomic E-state index is 12.7. The van der Waals surface area contributed by atoms with Gasteiger partial charge in [0, 0.05) is 17.7 Å². The standard InChI is InChI=1S/C22H21NO2/c1-4-20(24)21-18(16-8-6-5-7-9-16)13-19(23-22(21)25)17-11-10-14(2)15(3)12-17/h5-13H,4H2,1-3H3,(H,23,25). The predicted octanol–water partition coefficient (Wildman–Crippen LogP) is 4.92. The van der Waals surface area contributed by atoms with E-state index >= 15 is 0 Å². The number of carbonyl (C=O) groups excluding carboxylic acids is 1. The molecule has 0 spiro atoms. The first-order valence-corrected chi connectivity index (χ1v) is 8.44. The van der Waals surface area contributed by atoms with Gasteiger partial charge in [-0.3, -0.25) is 9.59 Å². The van der Waals surface area contributed by atoms with Gasteiger partial charge in [0.25, 0.3) is 5.56 Å². The number of aromatic nitrogens is 1. The van der Waals surface area contributed by atoms with Gasteiger partial charge < -0.3 is 4.98 Å². The molecule has 25 heavy (non-hydrogen) atoms. The van der Waals surface area contributed by atoms with E-state index in [1.165, 1.54) is 5.56 Å². The molecule has 0 aliphatic rings. The Labute approximate surface area is 147 Å². The Morgan fingerprint density at radius 3 is 2.28 bits per heavy atom. The summed E-state index contributed by atoms with van der Waals surface area (Å²) < 4.78 is 0. The first kappa shape index (κ1) is 16.9. The molecule has 0 saturated carbocycles. The van der Waals surface area contributed by atoms with E-state index in [1.807, 2.05) is 55.5 Å². The zero-order valence-corrected chi connectivity index (χ0v) is 14.7. The molecule has 0 aliphatic heterocycles. The molecule has 1 N–H and O–H groups in total. The summed E-state index contributed by atoms with van der Waals surface area (Å²) in [6.07, 6.45) is 0.298. The fourth-order valence-electron chi connectivity index (χ4n) is 2.92. The molecule has 3 aromatic rings. The zero-order chi connectivity index (χ0) is 18.0. The molecule has 0 aliphatic carbocycles. The molecule has 0 radical (unpaired) electrons. The number of hydrogen-bond donors (Lipinski definition) is 1. The monoisotopic (exact) mass is 331 g/mol. The fraction of sp³-hybridized carbons (Fsp3) is 0.182. The van der Waals surface area contributed by atoms with Crippen LogP contribution in [0, 0.1) is 13.8 Å². The van der Waals surface area contributed by atoms with Crippen LogP contribution in [0.25, 0.3) is 22.4 Å². The van der Waals surface area contributed by atoms with E-state index in [4.69, 9.17) is 0 Å². The van der Waals surface area contributed by atoms with Gasteiger partial charge in [-0.25, -0.2) is 0 Å². The maximum Gasteiger partial charge on any atom is 0.259 e. The molecule has 3 nitrogen and oxygen atoms in total. The Hall–Kier alpha value is -2.94. The van der Waals surface area contributed by atoms with Gasteiger partial charge in [0.2, 0.25) is 0 Å². The largest absolute Gasteiger partial charge is 0.321 e. The van der Waals surface area contributed by atoms with Gasteiger partial charge in [0.05, 0.1) is 5.56 Å². The van der Waals surface area contributed by atoms with Gasteiger partial charge in [-0.2, -0.15) is 0 Å². The van der Waals surface area contributed by atoms with Crippen molar-refractivity contribution in [3.05, 3.63) is 81.6 Å². The first-order chi connectivity index (χ1) is 12.0. The van der Waals surface area contributed by atoms with E-state index in [-0.39, 0.29) is 16.9 Å². The van der Waals surface area contributed by atoms with Crippen LogP contribution in [-0.2, 0) is 0 Å². The van der Waals surface area contributed by atoms with E-state index in [0.29, 0.717) is 12.0 Å². The lowest BCUT2D eigenvalue weighted by molar-refractivity contribution is 0.0987. The van der Waals surface area contributed by atoms with Crippen LogP contribution in [0.4, 0.5) is 0 Å². The minimum Gasteiger partial charge on any atom is -0.321 e. The van der Waals surface area contributed by atoms with Crippen LogP contribution < -0.4 is 5.56 Å². The van der Waals surface area contributed by atoms with Crippen LogP contribution in [0.2, 0.25) is 0 Å². The highest BCUT2D eigenvalue weighted by atomic mass is 16.1. The number of Topliss-reactive ketones (excluding diaryl/α,β-unsaturated/α-hetero) is 1. The third-order valence-corrected chi connectivity index (χ3v) is 4.54. The second kappa shape index (κ2) is 6.89. The summed E-state index contributed by atoms with van der Waals surface area (Å²) in [6.45, 7) is 5.87. The third kappa shape index (κ3) is 3.31. The summed E-state index contributed by atoms with van der Waals surface area (Å²) in [5.41, 5.74) is 5.48. The zero-order valence-electron chi connectivity index (χ0n) is 14.7. The van der Waals surface area contributed by atoms with Gasteiger partial charge in [0.1, 0.15) is 0 Å². The lowest BCUT2D eigenvalue weighted by atomic mass is 9.95. The lowest BCUT2D eigenvalue weighted by Gasteiger charge is -2.12. The fourth-order valence-corrected chi connectivity index (χ4v) is 2.92. The van der Waals surface area contributed by atoms with E-state index < -0.39 is 0 Å². The SMILES string of the molecule is CCC(=O)c1c(-c2ccccc2)cc(-c2ccc(C)c(C)c2)[nH]c1=O. The van der Waals surface area contributed by atoms with Crippen LogP contribution in [0.15, 0.2) is 59.4 Å². The summed E-state index contributed by atoms with van der Waals surface area (Å²) in [5.74, 6) is -0.147. The topological polar surface area (TPSA) is 49.9 Å². The van der Waals surface area contributed by atoms with Crippen molar-refractivity contribution in [3.8, 4) is 22.4 Å². The van der Waals surface area contributed by atoms with Crippen LogP contribution in [0.5, 0.6) is 0 Å². The smallest absolute Gasteiger partial charge is 0.259 e. The lowest BCUT2D eigenvalue weighted by Crippen LogP contribution is -2.19. The third-order valence-electron chi connectivity index (χ3n) is 4.54. The Morgan fingerprint density at radius 1 is 0.920 bits per heavy atom. The van der Waals surface area contributed by atoms with Crippen molar-refractivity contribution in [2.24, 2.45) is 0 Å². The number of aromatic amines is 1. The second-order valence-corrected chi connectivity index (χ2v) is 6.24. The Bertz CT molecular complexity index is 985. The average Bonchev–Trinajstić information content (AvgIpc) is 2.63. The summed E-state index contributed by atoms with van der Waals surface area (Å²) in [6, 6.07) is 17.6. The molecule has 0 atom stereocenters. The molecule has 0 saturated heterocycles. The van der Waals surface area contributed by atoms with Crippen molar-refractivity contribution in [2.75, 3.05) is 0 Å². The number of hydrogen-bond acceptors (Lipinski definition) is 2. The average molecular weight is 331 g/mol. The molecule has 3 heteroatoms. The molecule has 0 fully saturated rings. The van der Waals surface area contributed by atoms with Crippen molar-refractivity contribution < 1.29 is 4.79 Å². The summed E-state index contributed by atoms with van der Waals surface area (Å²) in [4.78, 5) is 27.9. The van der Waals surface area contributed by atoms with Crippen LogP contribution >= 0.6 is 0 Å². The Balaban J connectivity index is 2.27. The molecule has 3 rings (SSSR count). The summed E-state index contributed by atoms with van der Waals surface area (Å²) in [7, 11) is 0. The number of carbonyl (C=O) groups is 1. The highest BCUT2D eigenvalue weighted by molar-refractivity contribution is 6.02. The van der Waals surface area contributed by atoms with E-state index in [1.54, 1.807) is 6.92 Å². The Kier molecular flexibility index (Phi) is 4.66. The molecule has 0 unspecified atom stereocenters. The Morgan fingerprint density at radius 2 is 1.64 bits per heavy atom. The number of nitrogens with one attached hydrogen (secondary N) is 1. The highest BCUT2D eigenvalue weighted by Gasteiger charge is 2.17. The van der Waals surface area contributed by atoms with E-state index in [9.17, 15) is 9.59 Å². The molecular formula is C22H21NO2. The normalized spacial score (nSPS) is 10.7. The minimum atomic E-state index is -0.332. The molecule has 1 heterocycles. The van der Waals surface area contributed by atoms with E-state index in [0.717, 1.165) is 22.4 Å². The van der Waals surface area contributed by atoms with Crippen molar-refractivity contribution in [2.45, 2.75) is 27.2 Å². The van der Waals surface area contributed by atoms with Crippen molar-refractivity contribution >= 4 is 5.78 Å². The number of benzene rings is 2. The number of H-pyrrole nitrogens is 1. The molecular weight excluding hydrogens is 310 g/mol. The number of pyridine rings is 1. The molecule has 0 amide bonds. The van der Waals surface area contributed by atoms with Crippen molar-refractivity contribution in [1.82, 2.24) is 4.98 Å². The van der Waals surface area contributed by atoms with Crippen molar-refractivity contribution in [3.63, 3.8) is 0 Å².